The van der Waals surface area contributed by atoms with Crippen LogP contribution in [0.1, 0.15) is 6.42 Å². The van der Waals surface area contributed by atoms with Gasteiger partial charge in [0.2, 0.25) is 0 Å². The van der Waals surface area contributed by atoms with Gasteiger partial charge in [-0.3, -0.25) is 4.90 Å². The van der Waals surface area contributed by atoms with E-state index < -0.39 is 15.9 Å². The molecule has 1 aromatic rings. The van der Waals surface area contributed by atoms with Crippen LogP contribution in [0.15, 0.2) is 24.3 Å². The molecule has 0 radical (unpaired) electrons. The maximum absolute atomic E-state index is 11.5. The average Bonchev–Trinajstić information content (AvgIpc) is 2.58. The van der Waals surface area contributed by atoms with E-state index in [1.165, 1.54) is 0 Å². The third kappa shape index (κ3) is 5.53. The predicted octanol–water partition coefficient (Wildman–Crippen LogP) is 0.129. The third-order valence-electron chi connectivity index (χ3n) is 3.42. The number of rotatable bonds is 5. The van der Waals surface area contributed by atoms with Crippen molar-refractivity contribution in [2.45, 2.75) is 12.5 Å². The van der Waals surface area contributed by atoms with E-state index in [1.54, 1.807) is 24.3 Å². The highest BCUT2D eigenvalue weighted by molar-refractivity contribution is 7.91. The molecule has 1 unspecified atom stereocenters. The Hall–Kier alpha value is -1.31. The van der Waals surface area contributed by atoms with Gasteiger partial charge in [-0.1, -0.05) is 6.07 Å². The Morgan fingerprint density at radius 1 is 1.33 bits per heavy atom. The number of sulfone groups is 1. The van der Waals surface area contributed by atoms with Crippen molar-refractivity contribution in [1.29, 1.82) is 0 Å². The zero-order valence-corrected chi connectivity index (χ0v) is 12.8. The second-order valence-corrected chi connectivity index (χ2v) is 7.65. The first-order valence-electron chi connectivity index (χ1n) is 7.04. The first-order chi connectivity index (χ1) is 9.94. The van der Waals surface area contributed by atoms with Crippen LogP contribution in [0, 0.1) is 0 Å². The van der Waals surface area contributed by atoms with Gasteiger partial charge >= 0.3 is 0 Å². The van der Waals surface area contributed by atoms with Crippen molar-refractivity contribution in [3.05, 3.63) is 24.3 Å². The molecule has 1 aliphatic rings. The minimum atomic E-state index is -2.92. The predicted molar refractivity (Wildman–Crippen MR) is 82.1 cm³/mol. The normalized spacial score (nSPS) is 20.6. The molecule has 118 valence electrons. The van der Waals surface area contributed by atoms with Crippen LogP contribution in [0.5, 0.6) is 5.75 Å². The smallest absolute Gasteiger partial charge is 0.151 e. The quantitative estimate of drug-likeness (QED) is 0.751. The van der Waals surface area contributed by atoms with E-state index in [1.807, 2.05) is 4.90 Å². The number of ether oxygens (including phenoxy) is 1. The van der Waals surface area contributed by atoms with Crippen LogP contribution in [0.2, 0.25) is 0 Å². The van der Waals surface area contributed by atoms with Crippen LogP contribution in [0.4, 0.5) is 5.69 Å². The van der Waals surface area contributed by atoms with Crippen LogP contribution >= 0.6 is 0 Å². The monoisotopic (exact) mass is 314 g/mol. The molecule has 0 aliphatic carbocycles. The van der Waals surface area contributed by atoms with E-state index >= 15 is 0 Å². The summed E-state index contributed by atoms with van der Waals surface area (Å²) in [4.78, 5) is 1.97. The Kier molecular flexibility index (Phi) is 5.44. The molecule has 1 atom stereocenters. The minimum absolute atomic E-state index is 0.159. The lowest BCUT2D eigenvalue weighted by molar-refractivity contribution is 0.0708. The SMILES string of the molecule is Nc1cccc(OCC(O)CN2CCCS(=O)(=O)CC2)c1. The van der Waals surface area contributed by atoms with E-state index in [4.69, 9.17) is 10.5 Å². The first kappa shape index (κ1) is 16.1. The van der Waals surface area contributed by atoms with E-state index in [9.17, 15) is 13.5 Å². The van der Waals surface area contributed by atoms with Crippen molar-refractivity contribution >= 4 is 15.5 Å². The number of aliphatic hydroxyl groups is 1. The van der Waals surface area contributed by atoms with Crippen molar-refractivity contribution in [1.82, 2.24) is 4.90 Å². The summed E-state index contributed by atoms with van der Waals surface area (Å²) >= 11 is 0. The average molecular weight is 314 g/mol. The Balaban J connectivity index is 1.78. The van der Waals surface area contributed by atoms with Gasteiger partial charge in [-0.25, -0.2) is 8.42 Å². The lowest BCUT2D eigenvalue weighted by Crippen LogP contribution is -2.37. The number of nitrogens with zero attached hydrogens (tertiary/aromatic N) is 1. The molecule has 6 nitrogen and oxygen atoms in total. The highest BCUT2D eigenvalue weighted by Crippen LogP contribution is 2.14. The summed E-state index contributed by atoms with van der Waals surface area (Å²) in [5.41, 5.74) is 6.26. The van der Waals surface area contributed by atoms with Crippen LogP contribution < -0.4 is 10.5 Å². The second-order valence-electron chi connectivity index (χ2n) is 5.34. The maximum atomic E-state index is 11.5. The molecular formula is C14H22N2O4S. The van der Waals surface area contributed by atoms with Crippen molar-refractivity contribution < 1.29 is 18.3 Å². The molecule has 7 heteroatoms. The molecule has 1 heterocycles. The molecule has 0 amide bonds. The standard InChI is InChI=1S/C14H22N2O4S/c15-12-3-1-4-14(9-12)20-11-13(17)10-16-5-2-7-21(18,19)8-6-16/h1,3-4,9,13,17H,2,5-8,10-11,15H2. The van der Waals surface area contributed by atoms with Crippen molar-refractivity contribution in [3.8, 4) is 5.75 Å². The molecule has 1 fully saturated rings. The summed E-state index contributed by atoms with van der Waals surface area (Å²) in [7, 11) is -2.92. The molecule has 2 rings (SSSR count). The number of β-amino-alcohol motifs (C(OH)–C–C–N with tert-alkyl or cyclic N) is 1. The largest absolute Gasteiger partial charge is 0.491 e. The minimum Gasteiger partial charge on any atom is -0.491 e. The third-order valence-corrected chi connectivity index (χ3v) is 5.13. The van der Waals surface area contributed by atoms with Crippen molar-refractivity contribution in [2.75, 3.05) is 43.5 Å². The number of hydrogen-bond donors (Lipinski definition) is 2. The zero-order valence-electron chi connectivity index (χ0n) is 11.9. The van der Waals surface area contributed by atoms with Crippen molar-refractivity contribution in [2.24, 2.45) is 0 Å². The van der Waals surface area contributed by atoms with E-state index in [0.29, 0.717) is 37.5 Å². The molecule has 0 saturated carbocycles. The summed E-state index contributed by atoms with van der Waals surface area (Å²) in [5, 5.41) is 10.0. The highest BCUT2D eigenvalue weighted by Gasteiger charge is 2.20. The Morgan fingerprint density at radius 2 is 2.14 bits per heavy atom. The molecule has 1 saturated heterocycles. The van der Waals surface area contributed by atoms with Crippen LogP contribution in [-0.4, -0.2) is 62.3 Å². The lowest BCUT2D eigenvalue weighted by atomic mass is 10.3. The van der Waals surface area contributed by atoms with Gasteiger partial charge in [0.15, 0.2) is 9.84 Å². The fraction of sp³-hybridized carbons (Fsp3) is 0.571. The number of benzene rings is 1. The molecule has 1 aliphatic heterocycles. The van der Waals surface area contributed by atoms with E-state index in [0.717, 1.165) is 0 Å². The Bertz CT molecular complexity index is 562. The number of hydrogen-bond acceptors (Lipinski definition) is 6. The summed E-state index contributed by atoms with van der Waals surface area (Å²) in [5.74, 6) is 1.02. The van der Waals surface area contributed by atoms with Gasteiger partial charge in [-0.2, -0.15) is 0 Å². The van der Waals surface area contributed by atoms with Gasteiger partial charge < -0.3 is 15.6 Å². The van der Waals surface area contributed by atoms with Crippen LogP contribution in [0.3, 0.4) is 0 Å². The summed E-state index contributed by atoms with van der Waals surface area (Å²) in [6.07, 6.45) is -0.0438. The van der Waals surface area contributed by atoms with Gasteiger partial charge in [0, 0.05) is 24.8 Å². The van der Waals surface area contributed by atoms with Gasteiger partial charge in [0.25, 0.3) is 0 Å². The molecular weight excluding hydrogens is 292 g/mol. The highest BCUT2D eigenvalue weighted by atomic mass is 32.2. The van der Waals surface area contributed by atoms with Crippen molar-refractivity contribution in [3.63, 3.8) is 0 Å². The number of anilines is 1. The Morgan fingerprint density at radius 3 is 2.90 bits per heavy atom. The van der Waals surface area contributed by atoms with Gasteiger partial charge in [-0.05, 0) is 25.1 Å². The van der Waals surface area contributed by atoms with E-state index in [2.05, 4.69) is 0 Å². The number of nitrogen functional groups attached to an aromatic ring is 1. The molecule has 0 aromatic heterocycles. The van der Waals surface area contributed by atoms with E-state index in [-0.39, 0.29) is 18.1 Å². The topological polar surface area (TPSA) is 92.9 Å². The Labute approximate surface area is 125 Å². The first-order valence-corrected chi connectivity index (χ1v) is 8.86. The lowest BCUT2D eigenvalue weighted by Gasteiger charge is -2.22. The fourth-order valence-electron chi connectivity index (χ4n) is 2.32. The van der Waals surface area contributed by atoms with Crippen LogP contribution in [0.25, 0.3) is 0 Å². The van der Waals surface area contributed by atoms with Gasteiger partial charge in [0.1, 0.15) is 18.5 Å². The van der Waals surface area contributed by atoms with Crippen LogP contribution in [-0.2, 0) is 9.84 Å². The molecule has 1 aromatic carbocycles. The second kappa shape index (κ2) is 7.11. The molecule has 21 heavy (non-hydrogen) atoms. The van der Waals surface area contributed by atoms with Gasteiger partial charge in [0.05, 0.1) is 11.5 Å². The molecule has 0 bridgehead atoms. The number of aliphatic hydroxyl groups excluding tert-OH is 1. The maximum Gasteiger partial charge on any atom is 0.151 e. The summed E-state index contributed by atoms with van der Waals surface area (Å²) in [6, 6.07) is 7.03. The number of nitrogens with two attached hydrogens (primary N) is 1. The molecule has 3 N–H and O–H groups in total. The van der Waals surface area contributed by atoms with Gasteiger partial charge in [-0.15, -0.1) is 0 Å². The summed E-state index contributed by atoms with van der Waals surface area (Å²) in [6.45, 7) is 1.73. The zero-order chi connectivity index (χ0) is 15.3. The fourth-order valence-corrected chi connectivity index (χ4v) is 3.63. The summed E-state index contributed by atoms with van der Waals surface area (Å²) < 4.78 is 28.5. The molecule has 0 spiro atoms.